The van der Waals surface area contributed by atoms with Gasteiger partial charge in [0.2, 0.25) is 0 Å². The van der Waals surface area contributed by atoms with Crippen molar-refractivity contribution in [2.24, 2.45) is 0 Å². The Morgan fingerprint density at radius 3 is 2.94 bits per heavy atom. The summed E-state index contributed by atoms with van der Waals surface area (Å²) in [4.78, 5) is 28.3. The summed E-state index contributed by atoms with van der Waals surface area (Å²) in [7, 11) is 0. The third-order valence-corrected chi connectivity index (χ3v) is 3.01. The quantitative estimate of drug-likeness (QED) is 0.744. The number of nitrogens with zero attached hydrogens (tertiary/aromatic N) is 2. The second kappa shape index (κ2) is 3.99. The predicted molar refractivity (Wildman–Crippen MR) is 54.6 cm³/mol. The van der Waals surface area contributed by atoms with E-state index in [-0.39, 0.29) is 6.04 Å². The molecule has 7 heteroatoms. The Balaban J connectivity index is 2.17. The van der Waals surface area contributed by atoms with Crippen molar-refractivity contribution >= 4 is 12.0 Å². The van der Waals surface area contributed by atoms with Gasteiger partial charge in [-0.25, -0.2) is 18.8 Å². The van der Waals surface area contributed by atoms with E-state index >= 15 is 0 Å². The van der Waals surface area contributed by atoms with Gasteiger partial charge >= 0.3 is 18.4 Å². The molecule has 1 N–H and O–H groups in total. The average Bonchev–Trinajstić information content (AvgIpc) is 2.52. The molecule has 2 aliphatic rings. The van der Waals surface area contributed by atoms with Crippen molar-refractivity contribution in [2.45, 2.75) is 32.3 Å². The largest absolute Gasteiger partial charge is 0.477 e. The lowest BCUT2D eigenvalue weighted by atomic mass is 10.0. The molecule has 2 rings (SSSR count). The number of carbonyl (C=O) groups excluding carboxylic acids is 1. The van der Waals surface area contributed by atoms with Crippen LogP contribution >= 0.6 is 0 Å². The number of urea groups is 1. The number of alkyl halides is 1. The number of amides is 2. The molecule has 0 aromatic heterocycles. The standard InChI is InChI=1S/C10H13FN2O4/c1-5-3-6(2)12-4-7(5)13(10(12)16)17-8(11)9(14)15/h3,6-8H,4H2,1-2H3,(H,14,15)/t6-,7-,8+/m1/s1. The number of hydroxylamine groups is 2. The van der Waals surface area contributed by atoms with Gasteiger partial charge in [-0.1, -0.05) is 6.08 Å². The number of rotatable bonds is 3. The van der Waals surface area contributed by atoms with Gasteiger partial charge in [-0.15, -0.1) is 0 Å². The summed E-state index contributed by atoms with van der Waals surface area (Å²) < 4.78 is 13.0. The molecule has 2 bridgehead atoms. The van der Waals surface area contributed by atoms with Gasteiger partial charge in [0.05, 0.1) is 0 Å². The van der Waals surface area contributed by atoms with Crippen molar-refractivity contribution in [3.8, 4) is 0 Å². The zero-order chi connectivity index (χ0) is 12.7. The third-order valence-electron chi connectivity index (χ3n) is 3.01. The van der Waals surface area contributed by atoms with Gasteiger partial charge in [0.1, 0.15) is 6.04 Å². The topological polar surface area (TPSA) is 70.1 Å². The van der Waals surface area contributed by atoms with Crippen molar-refractivity contribution in [3.63, 3.8) is 0 Å². The Bertz CT molecular complexity index is 398. The first-order chi connectivity index (χ1) is 7.91. The number of hydrogen-bond donors (Lipinski definition) is 1. The van der Waals surface area contributed by atoms with Crippen LogP contribution in [0, 0.1) is 0 Å². The molecule has 17 heavy (non-hydrogen) atoms. The summed E-state index contributed by atoms with van der Waals surface area (Å²) in [5.74, 6) is -1.75. The fraction of sp³-hybridized carbons (Fsp3) is 0.600. The highest BCUT2D eigenvalue weighted by Crippen LogP contribution is 2.30. The van der Waals surface area contributed by atoms with Crippen LogP contribution in [0.15, 0.2) is 11.6 Å². The molecule has 94 valence electrons. The van der Waals surface area contributed by atoms with Crippen molar-refractivity contribution in [1.82, 2.24) is 9.96 Å². The minimum absolute atomic E-state index is 0.0877. The Kier molecular flexibility index (Phi) is 2.78. The third kappa shape index (κ3) is 1.86. The molecule has 1 saturated heterocycles. The van der Waals surface area contributed by atoms with Crippen LogP contribution in [-0.2, 0) is 9.63 Å². The van der Waals surface area contributed by atoms with Gasteiger partial charge < -0.3 is 10.0 Å². The summed E-state index contributed by atoms with van der Waals surface area (Å²) >= 11 is 0. The van der Waals surface area contributed by atoms with E-state index in [1.807, 2.05) is 19.9 Å². The van der Waals surface area contributed by atoms with Gasteiger partial charge in [-0.2, -0.15) is 5.06 Å². The Morgan fingerprint density at radius 2 is 2.35 bits per heavy atom. The molecule has 2 heterocycles. The normalized spacial score (nSPS) is 29.4. The highest BCUT2D eigenvalue weighted by Gasteiger charge is 2.45. The number of aliphatic carboxylic acids is 1. The predicted octanol–water partition coefficient (Wildman–Crippen LogP) is 0.753. The molecular weight excluding hydrogens is 231 g/mol. The van der Waals surface area contributed by atoms with Gasteiger partial charge in [0.15, 0.2) is 0 Å². The summed E-state index contributed by atoms with van der Waals surface area (Å²) in [6.45, 7) is 4.04. The Hall–Kier alpha value is -1.63. The molecule has 0 radical (unpaired) electrons. The fourth-order valence-corrected chi connectivity index (χ4v) is 2.11. The molecular formula is C10H13FN2O4. The second-order valence-corrected chi connectivity index (χ2v) is 4.19. The lowest BCUT2D eigenvalue weighted by molar-refractivity contribution is -0.220. The highest BCUT2D eigenvalue weighted by molar-refractivity contribution is 5.79. The van der Waals surface area contributed by atoms with E-state index in [1.54, 1.807) is 0 Å². The van der Waals surface area contributed by atoms with Crippen LogP contribution in [0.2, 0.25) is 0 Å². The van der Waals surface area contributed by atoms with Gasteiger partial charge in [0, 0.05) is 12.6 Å². The minimum Gasteiger partial charge on any atom is -0.477 e. The minimum atomic E-state index is -2.53. The van der Waals surface area contributed by atoms with Crippen molar-refractivity contribution in [2.75, 3.05) is 6.54 Å². The van der Waals surface area contributed by atoms with E-state index in [2.05, 4.69) is 4.84 Å². The second-order valence-electron chi connectivity index (χ2n) is 4.19. The summed E-state index contributed by atoms with van der Waals surface area (Å²) in [5, 5.41) is 9.23. The van der Waals surface area contributed by atoms with E-state index in [9.17, 15) is 14.0 Å². The molecule has 0 unspecified atom stereocenters. The molecule has 0 aromatic carbocycles. The van der Waals surface area contributed by atoms with Crippen molar-refractivity contribution in [1.29, 1.82) is 0 Å². The van der Waals surface area contributed by atoms with Gasteiger partial charge in [-0.05, 0) is 19.4 Å². The smallest absolute Gasteiger partial charge is 0.368 e. The summed E-state index contributed by atoms with van der Waals surface area (Å²) in [6, 6.07) is -0.994. The molecule has 0 aromatic rings. The Labute approximate surface area is 97.2 Å². The van der Waals surface area contributed by atoms with E-state index in [4.69, 9.17) is 5.11 Å². The van der Waals surface area contributed by atoms with E-state index in [0.717, 1.165) is 10.6 Å². The van der Waals surface area contributed by atoms with Gasteiger partial charge in [0.25, 0.3) is 0 Å². The van der Waals surface area contributed by atoms with Crippen molar-refractivity contribution < 1.29 is 23.9 Å². The Morgan fingerprint density at radius 1 is 1.71 bits per heavy atom. The lowest BCUT2D eigenvalue weighted by Crippen LogP contribution is -2.39. The van der Waals surface area contributed by atoms with Crippen LogP contribution in [0.3, 0.4) is 0 Å². The summed E-state index contributed by atoms with van der Waals surface area (Å²) in [6.07, 6.45) is -0.647. The number of carboxylic acids is 1. The lowest BCUT2D eigenvalue weighted by Gasteiger charge is -2.25. The van der Waals surface area contributed by atoms with E-state index in [1.165, 1.54) is 4.90 Å². The SMILES string of the molecule is CC1=C[C@@H](C)N2C[C@H]1N(O[C@H](F)C(=O)O)C2=O. The fourth-order valence-electron chi connectivity index (χ4n) is 2.11. The van der Waals surface area contributed by atoms with E-state index < -0.39 is 24.4 Å². The van der Waals surface area contributed by atoms with Gasteiger partial charge in [-0.3, -0.25) is 0 Å². The molecule has 3 atom stereocenters. The van der Waals surface area contributed by atoms with Crippen LogP contribution in [0.5, 0.6) is 0 Å². The zero-order valence-electron chi connectivity index (χ0n) is 9.46. The molecule has 0 aliphatic carbocycles. The first-order valence-electron chi connectivity index (χ1n) is 5.23. The first kappa shape index (κ1) is 11.8. The highest BCUT2D eigenvalue weighted by atomic mass is 19.1. The van der Waals surface area contributed by atoms with Crippen molar-refractivity contribution in [3.05, 3.63) is 11.6 Å². The van der Waals surface area contributed by atoms with Crippen LogP contribution in [0.4, 0.5) is 9.18 Å². The van der Waals surface area contributed by atoms with Crippen LogP contribution in [-0.4, -0.2) is 52.1 Å². The molecule has 2 amide bonds. The molecule has 1 fully saturated rings. The molecule has 6 nitrogen and oxygen atoms in total. The van der Waals surface area contributed by atoms with Crippen LogP contribution in [0.25, 0.3) is 0 Å². The monoisotopic (exact) mass is 244 g/mol. The number of carbonyl (C=O) groups is 2. The first-order valence-corrected chi connectivity index (χ1v) is 5.23. The number of fused-ring (bicyclic) bond motifs is 2. The van der Waals surface area contributed by atoms with Crippen LogP contribution < -0.4 is 0 Å². The average molecular weight is 244 g/mol. The number of carboxylic acid groups (broad SMARTS) is 1. The number of halogens is 1. The maximum atomic E-state index is 13.0. The number of hydrogen-bond acceptors (Lipinski definition) is 3. The van der Waals surface area contributed by atoms with E-state index in [0.29, 0.717) is 6.54 Å². The maximum absolute atomic E-state index is 13.0. The maximum Gasteiger partial charge on any atom is 0.368 e. The van der Waals surface area contributed by atoms with Crippen LogP contribution in [0.1, 0.15) is 13.8 Å². The molecule has 0 spiro atoms. The zero-order valence-corrected chi connectivity index (χ0v) is 9.46. The molecule has 0 saturated carbocycles. The summed E-state index contributed by atoms with van der Waals surface area (Å²) in [5.41, 5.74) is 0.872. The molecule has 2 aliphatic heterocycles.